The lowest BCUT2D eigenvalue weighted by molar-refractivity contribution is 0.303. The lowest BCUT2D eigenvalue weighted by Gasteiger charge is -2.12. The first kappa shape index (κ1) is 13.4. The highest BCUT2D eigenvalue weighted by molar-refractivity contribution is 5.37. The Balaban J connectivity index is 2.07. The number of phenols is 1. The first-order chi connectivity index (χ1) is 9.06. The molecule has 100 valence electrons. The van der Waals surface area contributed by atoms with Gasteiger partial charge in [-0.05, 0) is 48.7 Å². The third-order valence-electron chi connectivity index (χ3n) is 3.03. The van der Waals surface area contributed by atoms with E-state index < -0.39 is 0 Å². The fourth-order valence-corrected chi connectivity index (χ4v) is 1.93. The highest BCUT2D eigenvalue weighted by Crippen LogP contribution is 2.23. The molecule has 0 radical (unpaired) electrons. The maximum Gasteiger partial charge on any atom is 0.122 e. The van der Waals surface area contributed by atoms with E-state index in [9.17, 15) is 5.11 Å². The Kier molecular flexibility index (Phi) is 4.07. The molecule has 0 aliphatic carbocycles. The molecule has 0 saturated heterocycles. The molecule has 0 aromatic heterocycles. The molecule has 2 rings (SSSR count). The molecular formula is C16H19NO2. The highest BCUT2D eigenvalue weighted by atomic mass is 16.5. The van der Waals surface area contributed by atoms with Gasteiger partial charge in [-0.2, -0.15) is 0 Å². The van der Waals surface area contributed by atoms with Gasteiger partial charge in [-0.25, -0.2) is 0 Å². The van der Waals surface area contributed by atoms with E-state index >= 15 is 0 Å². The van der Waals surface area contributed by atoms with Crippen molar-refractivity contribution in [1.29, 1.82) is 0 Å². The summed E-state index contributed by atoms with van der Waals surface area (Å²) in [5.74, 6) is 1.10. The van der Waals surface area contributed by atoms with Crippen LogP contribution in [-0.2, 0) is 6.61 Å². The monoisotopic (exact) mass is 257 g/mol. The van der Waals surface area contributed by atoms with Gasteiger partial charge < -0.3 is 15.6 Å². The smallest absolute Gasteiger partial charge is 0.122 e. The Hall–Kier alpha value is -2.00. The number of benzene rings is 2. The van der Waals surface area contributed by atoms with Gasteiger partial charge in [0.2, 0.25) is 0 Å². The number of hydrogen-bond donors (Lipinski definition) is 2. The minimum atomic E-state index is 0.0267. The zero-order valence-corrected chi connectivity index (χ0v) is 11.3. The number of rotatable bonds is 4. The van der Waals surface area contributed by atoms with Crippen LogP contribution < -0.4 is 10.5 Å². The van der Waals surface area contributed by atoms with Gasteiger partial charge in [0.1, 0.15) is 18.1 Å². The fourth-order valence-electron chi connectivity index (χ4n) is 1.93. The van der Waals surface area contributed by atoms with Crippen molar-refractivity contribution in [2.75, 3.05) is 0 Å². The maximum absolute atomic E-state index is 9.39. The van der Waals surface area contributed by atoms with Crippen molar-refractivity contribution in [1.82, 2.24) is 0 Å². The normalized spacial score (nSPS) is 12.2. The molecule has 0 heterocycles. The van der Waals surface area contributed by atoms with Crippen LogP contribution in [0.1, 0.15) is 29.7 Å². The van der Waals surface area contributed by atoms with E-state index in [-0.39, 0.29) is 11.8 Å². The third-order valence-corrected chi connectivity index (χ3v) is 3.03. The summed E-state index contributed by atoms with van der Waals surface area (Å²) in [5, 5.41) is 9.39. The summed E-state index contributed by atoms with van der Waals surface area (Å²) in [7, 11) is 0. The summed E-state index contributed by atoms with van der Waals surface area (Å²) in [6.45, 7) is 4.40. The fraction of sp³-hybridized carbons (Fsp3) is 0.250. The van der Waals surface area contributed by atoms with E-state index in [0.29, 0.717) is 6.61 Å². The van der Waals surface area contributed by atoms with Crippen LogP contribution in [0.25, 0.3) is 0 Å². The Morgan fingerprint density at radius 2 is 2.00 bits per heavy atom. The first-order valence-electron chi connectivity index (χ1n) is 6.33. The van der Waals surface area contributed by atoms with Crippen LogP contribution in [0.4, 0.5) is 0 Å². The summed E-state index contributed by atoms with van der Waals surface area (Å²) in [4.78, 5) is 0. The molecule has 0 saturated carbocycles. The van der Waals surface area contributed by atoms with E-state index in [1.807, 2.05) is 38.1 Å². The van der Waals surface area contributed by atoms with Gasteiger partial charge in [-0.3, -0.25) is 0 Å². The van der Waals surface area contributed by atoms with Crippen molar-refractivity contribution in [2.45, 2.75) is 26.5 Å². The number of phenolic OH excluding ortho intramolecular Hbond substituents is 1. The highest BCUT2D eigenvalue weighted by Gasteiger charge is 2.05. The van der Waals surface area contributed by atoms with E-state index in [0.717, 1.165) is 22.4 Å². The number of ether oxygens (including phenoxy) is 1. The number of nitrogens with two attached hydrogens (primary N) is 1. The van der Waals surface area contributed by atoms with Gasteiger partial charge in [0, 0.05) is 6.04 Å². The van der Waals surface area contributed by atoms with Gasteiger partial charge in [0.05, 0.1) is 0 Å². The maximum atomic E-state index is 9.39. The standard InChI is InChI=1S/C16H19NO2/c1-11-8-14(12(2)17)6-7-16(11)19-10-13-4-3-5-15(18)9-13/h3-9,12,18H,10,17H2,1-2H3. The minimum Gasteiger partial charge on any atom is -0.508 e. The molecule has 3 nitrogen and oxygen atoms in total. The van der Waals surface area contributed by atoms with Gasteiger partial charge in [0.25, 0.3) is 0 Å². The second-order valence-electron chi connectivity index (χ2n) is 4.77. The average molecular weight is 257 g/mol. The second-order valence-corrected chi connectivity index (χ2v) is 4.77. The zero-order chi connectivity index (χ0) is 13.8. The first-order valence-corrected chi connectivity index (χ1v) is 6.33. The van der Waals surface area contributed by atoms with Crippen molar-refractivity contribution in [3.63, 3.8) is 0 Å². The van der Waals surface area contributed by atoms with Crippen LogP contribution in [0.5, 0.6) is 11.5 Å². The zero-order valence-electron chi connectivity index (χ0n) is 11.3. The van der Waals surface area contributed by atoms with E-state index in [2.05, 4.69) is 0 Å². The van der Waals surface area contributed by atoms with Gasteiger partial charge in [-0.15, -0.1) is 0 Å². The Morgan fingerprint density at radius 1 is 1.21 bits per heavy atom. The average Bonchev–Trinajstić information content (AvgIpc) is 2.37. The van der Waals surface area contributed by atoms with Gasteiger partial charge >= 0.3 is 0 Å². The predicted molar refractivity (Wildman–Crippen MR) is 76.2 cm³/mol. The summed E-state index contributed by atoms with van der Waals surface area (Å²) in [6, 6.07) is 13.1. The quantitative estimate of drug-likeness (QED) is 0.883. The summed E-state index contributed by atoms with van der Waals surface area (Å²) >= 11 is 0. The molecule has 0 bridgehead atoms. The molecule has 3 N–H and O–H groups in total. The number of aromatic hydroxyl groups is 1. The molecule has 2 aromatic carbocycles. The Morgan fingerprint density at radius 3 is 2.63 bits per heavy atom. The van der Waals surface area contributed by atoms with Crippen LogP contribution in [-0.4, -0.2) is 5.11 Å². The van der Waals surface area contributed by atoms with Crippen molar-refractivity contribution < 1.29 is 9.84 Å². The SMILES string of the molecule is Cc1cc(C(C)N)ccc1OCc1cccc(O)c1. The van der Waals surface area contributed by atoms with Crippen LogP contribution >= 0.6 is 0 Å². The molecule has 1 atom stereocenters. The van der Waals surface area contributed by atoms with E-state index in [4.69, 9.17) is 10.5 Å². The molecule has 0 amide bonds. The molecule has 0 spiro atoms. The van der Waals surface area contributed by atoms with Crippen molar-refractivity contribution in [3.05, 3.63) is 59.2 Å². The molecule has 19 heavy (non-hydrogen) atoms. The Bertz CT molecular complexity index is 564. The summed E-state index contributed by atoms with van der Waals surface area (Å²) < 4.78 is 5.76. The van der Waals surface area contributed by atoms with Gasteiger partial charge in [-0.1, -0.05) is 24.3 Å². The molecule has 2 aromatic rings. The molecular weight excluding hydrogens is 238 g/mol. The predicted octanol–water partition coefficient (Wildman–Crippen LogP) is 3.30. The number of aryl methyl sites for hydroxylation is 1. The van der Waals surface area contributed by atoms with Crippen LogP contribution in [0.2, 0.25) is 0 Å². The number of hydrogen-bond acceptors (Lipinski definition) is 3. The van der Waals surface area contributed by atoms with Crippen LogP contribution in [0.15, 0.2) is 42.5 Å². The molecule has 0 fully saturated rings. The lowest BCUT2D eigenvalue weighted by Crippen LogP contribution is -2.05. The van der Waals surface area contributed by atoms with Gasteiger partial charge in [0.15, 0.2) is 0 Å². The summed E-state index contributed by atoms with van der Waals surface area (Å²) in [5.41, 5.74) is 8.95. The van der Waals surface area contributed by atoms with Crippen molar-refractivity contribution in [2.24, 2.45) is 5.73 Å². The largest absolute Gasteiger partial charge is 0.508 e. The lowest BCUT2D eigenvalue weighted by atomic mass is 10.1. The van der Waals surface area contributed by atoms with Crippen molar-refractivity contribution in [3.8, 4) is 11.5 Å². The van der Waals surface area contributed by atoms with Crippen LogP contribution in [0, 0.1) is 6.92 Å². The summed E-state index contributed by atoms with van der Waals surface area (Å²) in [6.07, 6.45) is 0. The topological polar surface area (TPSA) is 55.5 Å². The third kappa shape index (κ3) is 3.48. The van der Waals surface area contributed by atoms with Crippen LogP contribution in [0.3, 0.4) is 0 Å². The minimum absolute atomic E-state index is 0.0267. The molecule has 3 heteroatoms. The molecule has 0 aliphatic heterocycles. The van der Waals surface area contributed by atoms with E-state index in [1.54, 1.807) is 18.2 Å². The van der Waals surface area contributed by atoms with E-state index in [1.165, 1.54) is 0 Å². The molecule has 1 unspecified atom stereocenters. The van der Waals surface area contributed by atoms with Crippen molar-refractivity contribution >= 4 is 0 Å². The second kappa shape index (κ2) is 5.76. The molecule has 0 aliphatic rings. The Labute approximate surface area is 113 Å².